The summed E-state index contributed by atoms with van der Waals surface area (Å²) in [5.41, 5.74) is 0.691. The summed E-state index contributed by atoms with van der Waals surface area (Å²) in [6, 6.07) is 5.80. The van der Waals surface area contributed by atoms with Crippen LogP contribution in [0.3, 0.4) is 0 Å². The van der Waals surface area contributed by atoms with Gasteiger partial charge in [0.2, 0.25) is 0 Å². The van der Waals surface area contributed by atoms with Crippen LogP contribution in [0.25, 0.3) is 0 Å². The lowest BCUT2D eigenvalue weighted by Crippen LogP contribution is -1.92. The van der Waals surface area contributed by atoms with Crippen LogP contribution < -0.4 is 0 Å². The molecule has 0 bridgehead atoms. The molecule has 4 heteroatoms. The van der Waals surface area contributed by atoms with E-state index in [9.17, 15) is 9.59 Å². The van der Waals surface area contributed by atoms with Gasteiger partial charge in [0, 0.05) is 11.1 Å². The Kier molecular flexibility index (Phi) is 2.84. The summed E-state index contributed by atoms with van der Waals surface area (Å²) in [5, 5.41) is -1.10. The first-order valence-electron chi connectivity index (χ1n) is 3.11. The average molecular weight is 205 g/mol. The fraction of sp³-hybridized carbons (Fsp3) is 0. The van der Waals surface area contributed by atoms with Crippen molar-refractivity contribution < 1.29 is 9.59 Å². The number of carbonyl (C=O) groups is 2. The zero-order valence-electron chi connectivity index (χ0n) is 5.88. The molecule has 0 amide bonds. The Labute approximate surface area is 79.1 Å². The number of hydrogen-bond acceptors (Lipinski definition) is 2. The van der Waals surface area contributed by atoms with E-state index < -0.39 is 10.5 Å². The molecular weight excluding hydrogens is 201 g/mol. The summed E-state index contributed by atoms with van der Waals surface area (Å²) in [7, 11) is 0. The van der Waals surface area contributed by atoms with Crippen molar-refractivity contribution in [2.75, 3.05) is 0 Å². The first-order valence-corrected chi connectivity index (χ1v) is 3.86. The molecule has 0 saturated heterocycles. The lowest BCUT2D eigenvalue weighted by Gasteiger charge is -1.94. The van der Waals surface area contributed by atoms with Crippen LogP contribution in [0.4, 0.5) is 0 Å². The number of carbonyl (C=O) groups excluding carboxylic acids is 2. The Morgan fingerprint density at radius 3 is 1.25 bits per heavy atom. The van der Waals surface area contributed by atoms with E-state index >= 15 is 0 Å². The molecule has 12 heavy (non-hydrogen) atoms. The van der Waals surface area contributed by atoms with E-state index in [1.165, 1.54) is 24.3 Å². The highest BCUT2D eigenvalue weighted by Crippen LogP contribution is 2.08. The molecule has 1 aromatic carbocycles. The van der Waals surface area contributed by atoms with Gasteiger partial charge in [0.1, 0.15) is 0 Å². The van der Waals surface area contributed by atoms with E-state index in [-0.39, 0.29) is 0 Å². The van der Waals surface area contributed by atoms with Gasteiger partial charge >= 0.3 is 0 Å². The largest absolute Gasteiger partial charge is 0.276 e. The summed E-state index contributed by atoms with van der Waals surface area (Å²) >= 11 is 10.4. The molecule has 0 aliphatic rings. The Hall–Kier alpha value is -0.860. The molecule has 0 fully saturated rings. The minimum absolute atomic E-state index is 0.346. The molecule has 0 aromatic heterocycles. The Morgan fingerprint density at radius 1 is 0.833 bits per heavy atom. The van der Waals surface area contributed by atoms with Crippen molar-refractivity contribution in [1.29, 1.82) is 0 Å². The van der Waals surface area contributed by atoms with Crippen LogP contribution in [0, 0.1) is 0 Å². The maximum atomic E-state index is 10.6. The van der Waals surface area contributed by atoms with E-state index in [1.807, 2.05) is 0 Å². The van der Waals surface area contributed by atoms with Gasteiger partial charge in [-0.15, -0.1) is 0 Å². The summed E-state index contributed by atoms with van der Waals surface area (Å²) in [4.78, 5) is 21.1. The third-order valence-electron chi connectivity index (χ3n) is 1.34. The van der Waals surface area contributed by atoms with E-state index in [0.29, 0.717) is 11.1 Å². The van der Waals surface area contributed by atoms with Gasteiger partial charge in [-0.05, 0) is 47.5 Å². The molecule has 2 nitrogen and oxygen atoms in total. The maximum Gasteiger partial charge on any atom is 0.252 e. The van der Waals surface area contributed by atoms with Crippen molar-refractivity contribution in [1.82, 2.24) is 0 Å². The second-order valence-electron chi connectivity index (χ2n) is 2.12. The quantitative estimate of drug-likeness (QED) is 0.548. The molecule has 0 aliphatic carbocycles. The fourth-order valence-corrected chi connectivity index (χ4v) is 0.984. The van der Waals surface area contributed by atoms with Gasteiger partial charge in [0.05, 0.1) is 0 Å². The minimum atomic E-state index is -0.552. The van der Waals surface area contributed by atoms with Crippen LogP contribution in [0.2, 0.25) is 0 Å². The Balaban J connectivity index is 3.01. The third kappa shape index (κ3) is 2.06. The summed E-state index contributed by atoms with van der Waals surface area (Å²) in [6.07, 6.45) is 0. The first kappa shape index (κ1) is 9.23. The molecule has 0 saturated carbocycles. The van der Waals surface area contributed by atoms with E-state index in [1.54, 1.807) is 0 Å². The predicted molar refractivity (Wildman–Crippen MR) is 46.8 cm³/mol. The van der Waals surface area contributed by atoms with Gasteiger partial charge < -0.3 is 0 Å². The smallest absolute Gasteiger partial charge is 0.252 e. The highest BCUT2D eigenvalue weighted by Gasteiger charge is 2.03. The predicted octanol–water partition coefficient (Wildman–Crippen LogP) is 2.44. The van der Waals surface area contributed by atoms with Crippen molar-refractivity contribution in [3.63, 3.8) is 0 Å². The SMILES string of the molecule is O=[13C](Cl)c1ccc([13C](=O)Cl)cc1. The lowest BCUT2D eigenvalue weighted by molar-refractivity contribution is 0.107. The highest BCUT2D eigenvalue weighted by molar-refractivity contribution is 6.68. The van der Waals surface area contributed by atoms with Crippen LogP contribution in [0.5, 0.6) is 0 Å². The van der Waals surface area contributed by atoms with Gasteiger partial charge in [0.15, 0.2) is 0 Å². The van der Waals surface area contributed by atoms with Gasteiger partial charge in [-0.1, -0.05) is 0 Å². The summed E-state index contributed by atoms with van der Waals surface area (Å²) in [5.74, 6) is 0. The van der Waals surface area contributed by atoms with Crippen molar-refractivity contribution >= 4 is 33.7 Å². The van der Waals surface area contributed by atoms with E-state index in [4.69, 9.17) is 23.2 Å². The molecule has 0 heterocycles. The molecule has 0 unspecified atom stereocenters. The van der Waals surface area contributed by atoms with Gasteiger partial charge in [-0.3, -0.25) is 9.59 Å². The zero-order valence-corrected chi connectivity index (χ0v) is 7.39. The molecule has 1 aromatic rings. The number of rotatable bonds is 2. The normalized spacial score (nSPS) is 9.50. The minimum Gasteiger partial charge on any atom is -0.276 e. The third-order valence-corrected chi connectivity index (χ3v) is 1.78. The van der Waals surface area contributed by atoms with E-state index in [0.717, 1.165) is 0 Å². The van der Waals surface area contributed by atoms with Gasteiger partial charge in [0.25, 0.3) is 10.5 Å². The Morgan fingerprint density at radius 2 is 1.08 bits per heavy atom. The maximum absolute atomic E-state index is 10.6. The second-order valence-corrected chi connectivity index (χ2v) is 2.81. The van der Waals surface area contributed by atoms with Crippen LogP contribution in [0.15, 0.2) is 24.3 Å². The first-order chi connectivity index (χ1) is 5.61. The van der Waals surface area contributed by atoms with Gasteiger partial charge in [-0.2, -0.15) is 0 Å². The molecule has 0 N–H and O–H groups in total. The molecule has 0 aliphatic heterocycles. The molecule has 1 rings (SSSR count). The molecule has 62 valence electrons. The number of halogens is 2. The van der Waals surface area contributed by atoms with Crippen molar-refractivity contribution in [3.05, 3.63) is 35.4 Å². The number of hydrogen-bond donors (Lipinski definition) is 0. The zero-order chi connectivity index (χ0) is 9.14. The van der Waals surface area contributed by atoms with E-state index in [2.05, 4.69) is 0 Å². The molecule has 0 atom stereocenters. The highest BCUT2D eigenvalue weighted by atomic mass is 35.5. The van der Waals surface area contributed by atoms with Crippen molar-refractivity contribution in [2.24, 2.45) is 0 Å². The van der Waals surface area contributed by atoms with Crippen molar-refractivity contribution in [2.45, 2.75) is 0 Å². The second kappa shape index (κ2) is 3.70. The van der Waals surface area contributed by atoms with Crippen LogP contribution >= 0.6 is 23.2 Å². The molecular formula is C8H4Cl2O2. The fourth-order valence-electron chi connectivity index (χ4n) is 0.732. The Bertz CT molecular complexity index is 283. The lowest BCUT2D eigenvalue weighted by atomic mass is 10.2. The van der Waals surface area contributed by atoms with Gasteiger partial charge in [-0.25, -0.2) is 0 Å². The van der Waals surface area contributed by atoms with Crippen LogP contribution in [-0.2, 0) is 0 Å². The average Bonchev–Trinajstić information content (AvgIpc) is 2.04. The topological polar surface area (TPSA) is 34.1 Å². The molecule has 0 radical (unpaired) electrons. The summed E-state index contributed by atoms with van der Waals surface area (Å²) < 4.78 is 0. The monoisotopic (exact) mass is 204 g/mol. The van der Waals surface area contributed by atoms with Crippen LogP contribution in [0.1, 0.15) is 20.7 Å². The van der Waals surface area contributed by atoms with Crippen molar-refractivity contribution in [3.8, 4) is 0 Å². The van der Waals surface area contributed by atoms with Crippen LogP contribution in [-0.4, -0.2) is 10.5 Å². The standard InChI is InChI=1S/C8H4Cl2O2/c9-7(11)5-1-2-6(4-3-5)8(10)12/h1-4H/i7+1,8+1. The molecule has 0 spiro atoms. The summed E-state index contributed by atoms with van der Waals surface area (Å²) in [6.45, 7) is 0. The number of benzene rings is 1.